The maximum atomic E-state index is 13.7. The van der Waals surface area contributed by atoms with Crippen molar-refractivity contribution in [2.45, 2.75) is 58.7 Å². The fraction of sp³-hybridized carbons (Fsp3) is 0.310. The van der Waals surface area contributed by atoms with E-state index in [1.165, 1.54) is 0 Å². The monoisotopic (exact) mass is 442 g/mol. The van der Waals surface area contributed by atoms with Crippen molar-refractivity contribution in [3.05, 3.63) is 107 Å². The van der Waals surface area contributed by atoms with Gasteiger partial charge in [0.15, 0.2) is 0 Å². The molecule has 1 N–H and O–H groups in total. The molecule has 2 amide bonds. The first kappa shape index (κ1) is 24.2. The highest BCUT2D eigenvalue weighted by Gasteiger charge is 2.32. The Kier molecular flexibility index (Phi) is 8.05. The van der Waals surface area contributed by atoms with E-state index < -0.39 is 11.6 Å². The van der Waals surface area contributed by atoms with Gasteiger partial charge in [0.2, 0.25) is 11.8 Å². The van der Waals surface area contributed by atoms with Crippen LogP contribution in [0.15, 0.2) is 84.9 Å². The molecule has 3 aromatic carbocycles. The van der Waals surface area contributed by atoms with Crippen LogP contribution in [0.5, 0.6) is 0 Å². The van der Waals surface area contributed by atoms with Crippen LogP contribution in [0.25, 0.3) is 0 Å². The minimum Gasteiger partial charge on any atom is -0.350 e. The van der Waals surface area contributed by atoms with E-state index in [9.17, 15) is 9.59 Å². The van der Waals surface area contributed by atoms with E-state index in [1.54, 1.807) is 4.90 Å². The van der Waals surface area contributed by atoms with Crippen molar-refractivity contribution < 1.29 is 9.59 Å². The topological polar surface area (TPSA) is 49.4 Å². The number of hydrogen-bond donors (Lipinski definition) is 1. The molecule has 1 unspecified atom stereocenters. The van der Waals surface area contributed by atoms with Crippen LogP contribution in [-0.4, -0.2) is 28.3 Å². The van der Waals surface area contributed by atoms with Gasteiger partial charge in [0, 0.05) is 18.5 Å². The number of carbonyl (C=O) groups excluding carboxylic acids is 2. The largest absolute Gasteiger partial charge is 0.350 e. The molecule has 172 valence electrons. The quantitative estimate of drug-likeness (QED) is 0.528. The number of amides is 2. The summed E-state index contributed by atoms with van der Waals surface area (Å²) in [7, 11) is 0. The van der Waals surface area contributed by atoms with Crippen LogP contribution in [0, 0.1) is 6.92 Å². The van der Waals surface area contributed by atoms with Gasteiger partial charge in [-0.2, -0.15) is 0 Å². The SMILES string of the molecule is Cc1ccccc1CN(C(=O)Cc1ccccc1)C(Cc1ccccc1)C(=O)NC(C)(C)C. The van der Waals surface area contributed by atoms with Crippen LogP contribution < -0.4 is 5.32 Å². The first-order valence-electron chi connectivity index (χ1n) is 11.5. The van der Waals surface area contributed by atoms with Crippen LogP contribution in [0.3, 0.4) is 0 Å². The summed E-state index contributed by atoms with van der Waals surface area (Å²) in [6, 6.07) is 27.0. The van der Waals surface area contributed by atoms with Gasteiger partial charge in [-0.25, -0.2) is 0 Å². The zero-order chi connectivity index (χ0) is 23.8. The second-order valence-corrected chi connectivity index (χ2v) is 9.56. The molecular formula is C29H34N2O2. The normalized spacial score (nSPS) is 12.1. The van der Waals surface area contributed by atoms with Crippen molar-refractivity contribution >= 4 is 11.8 Å². The molecule has 0 aromatic heterocycles. The Balaban J connectivity index is 1.99. The van der Waals surface area contributed by atoms with Crippen LogP contribution in [0.2, 0.25) is 0 Å². The minimum absolute atomic E-state index is 0.0607. The zero-order valence-electron chi connectivity index (χ0n) is 20.0. The van der Waals surface area contributed by atoms with Crippen molar-refractivity contribution in [3.63, 3.8) is 0 Å². The average Bonchev–Trinajstić information content (AvgIpc) is 2.77. The van der Waals surface area contributed by atoms with E-state index in [1.807, 2.05) is 113 Å². The third kappa shape index (κ3) is 7.31. The molecule has 0 aliphatic heterocycles. The van der Waals surface area contributed by atoms with Crippen molar-refractivity contribution in [3.8, 4) is 0 Å². The van der Waals surface area contributed by atoms with Crippen molar-refractivity contribution in [1.29, 1.82) is 0 Å². The summed E-state index contributed by atoms with van der Waals surface area (Å²) in [4.78, 5) is 29.0. The highest BCUT2D eigenvalue weighted by atomic mass is 16.2. The molecule has 0 radical (unpaired) electrons. The zero-order valence-corrected chi connectivity index (χ0v) is 20.0. The van der Waals surface area contributed by atoms with Crippen molar-refractivity contribution in [2.24, 2.45) is 0 Å². The van der Waals surface area contributed by atoms with Crippen LogP contribution in [0.4, 0.5) is 0 Å². The molecule has 0 spiro atoms. The predicted octanol–water partition coefficient (Wildman–Crippen LogP) is 5.09. The molecule has 1 atom stereocenters. The van der Waals surface area contributed by atoms with E-state index in [0.29, 0.717) is 13.0 Å². The number of carbonyl (C=O) groups is 2. The number of nitrogens with zero attached hydrogens (tertiary/aromatic N) is 1. The van der Waals surface area contributed by atoms with Gasteiger partial charge in [0.05, 0.1) is 6.42 Å². The Morgan fingerprint density at radius 3 is 1.94 bits per heavy atom. The molecule has 33 heavy (non-hydrogen) atoms. The van der Waals surface area contributed by atoms with E-state index in [0.717, 1.165) is 22.3 Å². The predicted molar refractivity (Wildman–Crippen MR) is 134 cm³/mol. The first-order valence-corrected chi connectivity index (χ1v) is 11.5. The van der Waals surface area contributed by atoms with Crippen molar-refractivity contribution in [2.75, 3.05) is 0 Å². The fourth-order valence-electron chi connectivity index (χ4n) is 3.85. The Labute approximate surface area is 197 Å². The molecule has 0 bridgehead atoms. The number of hydrogen-bond acceptors (Lipinski definition) is 2. The summed E-state index contributed by atoms with van der Waals surface area (Å²) in [6.07, 6.45) is 0.704. The summed E-state index contributed by atoms with van der Waals surface area (Å²) in [5, 5.41) is 3.11. The smallest absolute Gasteiger partial charge is 0.243 e. The molecule has 0 aliphatic carbocycles. The van der Waals surface area contributed by atoms with Gasteiger partial charge in [-0.15, -0.1) is 0 Å². The third-order valence-electron chi connectivity index (χ3n) is 5.57. The number of nitrogens with one attached hydrogen (secondary N) is 1. The molecule has 4 nitrogen and oxygen atoms in total. The highest BCUT2D eigenvalue weighted by Crippen LogP contribution is 2.19. The summed E-state index contributed by atoms with van der Waals surface area (Å²) < 4.78 is 0. The van der Waals surface area contributed by atoms with Gasteiger partial charge in [-0.3, -0.25) is 9.59 Å². The van der Waals surface area contributed by atoms with Gasteiger partial charge in [0.1, 0.15) is 6.04 Å². The molecule has 0 heterocycles. The third-order valence-corrected chi connectivity index (χ3v) is 5.57. The van der Waals surface area contributed by atoms with Crippen LogP contribution in [-0.2, 0) is 29.0 Å². The van der Waals surface area contributed by atoms with Gasteiger partial charge in [0.25, 0.3) is 0 Å². The van der Waals surface area contributed by atoms with E-state index in [4.69, 9.17) is 0 Å². The van der Waals surface area contributed by atoms with Crippen molar-refractivity contribution in [1.82, 2.24) is 10.2 Å². The van der Waals surface area contributed by atoms with Gasteiger partial charge < -0.3 is 10.2 Å². The minimum atomic E-state index is -0.623. The maximum absolute atomic E-state index is 13.7. The van der Waals surface area contributed by atoms with Gasteiger partial charge >= 0.3 is 0 Å². The summed E-state index contributed by atoms with van der Waals surface area (Å²) in [5.74, 6) is -0.198. The summed E-state index contributed by atoms with van der Waals surface area (Å²) >= 11 is 0. The molecule has 0 aliphatic rings. The molecule has 0 saturated heterocycles. The fourth-order valence-corrected chi connectivity index (χ4v) is 3.85. The number of benzene rings is 3. The lowest BCUT2D eigenvalue weighted by Gasteiger charge is -2.34. The number of rotatable bonds is 8. The highest BCUT2D eigenvalue weighted by molar-refractivity contribution is 5.89. The molecule has 4 heteroatoms. The lowest BCUT2D eigenvalue weighted by Crippen LogP contribution is -2.54. The van der Waals surface area contributed by atoms with E-state index in [2.05, 4.69) is 5.32 Å². The van der Waals surface area contributed by atoms with Crippen LogP contribution in [0.1, 0.15) is 43.0 Å². The Hall–Kier alpha value is -3.40. The lowest BCUT2D eigenvalue weighted by atomic mass is 9.99. The lowest BCUT2D eigenvalue weighted by molar-refractivity contribution is -0.141. The molecule has 0 saturated carbocycles. The van der Waals surface area contributed by atoms with Crippen LogP contribution >= 0.6 is 0 Å². The Morgan fingerprint density at radius 2 is 1.36 bits per heavy atom. The second kappa shape index (κ2) is 11.0. The molecule has 3 rings (SSSR count). The molecule has 0 fully saturated rings. The second-order valence-electron chi connectivity index (χ2n) is 9.56. The molecule has 3 aromatic rings. The maximum Gasteiger partial charge on any atom is 0.243 e. The van der Waals surface area contributed by atoms with E-state index in [-0.39, 0.29) is 18.2 Å². The first-order chi connectivity index (χ1) is 15.7. The standard InChI is InChI=1S/C29H34N2O2/c1-22-13-11-12-18-25(22)21-31(27(32)20-24-16-9-6-10-17-24)26(28(33)30-29(2,3)4)19-23-14-7-5-8-15-23/h5-18,26H,19-21H2,1-4H3,(H,30,33). The molecular weight excluding hydrogens is 408 g/mol. The summed E-state index contributed by atoms with van der Waals surface area (Å²) in [6.45, 7) is 8.30. The number of aryl methyl sites for hydroxylation is 1. The average molecular weight is 443 g/mol. The van der Waals surface area contributed by atoms with Gasteiger partial charge in [-0.1, -0.05) is 84.9 Å². The van der Waals surface area contributed by atoms with Gasteiger partial charge in [-0.05, 0) is 49.9 Å². The Bertz CT molecular complexity index is 1060. The Morgan fingerprint density at radius 1 is 0.818 bits per heavy atom. The summed E-state index contributed by atoms with van der Waals surface area (Å²) in [5.41, 5.74) is 3.70. The van der Waals surface area contributed by atoms with E-state index >= 15 is 0 Å².